The van der Waals surface area contributed by atoms with Crippen LogP contribution in [-0.2, 0) is 6.50 Å². The molecule has 0 bridgehead atoms. The standard InChI is InChI=1S/C7H6N2O/c10-7-5-2-1-3-8-6(5)4-9-7/h1-3H,4H2,(H,9,10)/i4D2. The fourth-order valence-corrected chi connectivity index (χ4v) is 0.871. The monoisotopic (exact) mass is 136 g/mol. The Hall–Kier alpha value is -1.38. The van der Waals surface area contributed by atoms with Crippen LogP contribution in [0.3, 0.4) is 0 Å². The summed E-state index contributed by atoms with van der Waals surface area (Å²) in [7, 11) is 0. The van der Waals surface area contributed by atoms with Crippen molar-refractivity contribution in [3.63, 3.8) is 0 Å². The van der Waals surface area contributed by atoms with Gasteiger partial charge in [0.05, 0.1) is 20.5 Å². The highest BCUT2D eigenvalue weighted by Crippen LogP contribution is 2.10. The van der Waals surface area contributed by atoms with Gasteiger partial charge in [-0.15, -0.1) is 0 Å². The van der Waals surface area contributed by atoms with Crippen molar-refractivity contribution in [1.29, 1.82) is 0 Å². The maximum absolute atomic E-state index is 11.1. The summed E-state index contributed by atoms with van der Waals surface area (Å²) in [6.07, 6.45) is 1.47. The first-order valence-electron chi connectivity index (χ1n) is 3.89. The quantitative estimate of drug-likeness (QED) is 0.558. The Morgan fingerprint density at radius 1 is 1.80 bits per heavy atom. The van der Waals surface area contributed by atoms with E-state index in [1.54, 1.807) is 12.1 Å². The lowest BCUT2D eigenvalue weighted by atomic mass is 10.2. The molecule has 2 heterocycles. The van der Waals surface area contributed by atoms with Gasteiger partial charge in [-0.3, -0.25) is 9.78 Å². The van der Waals surface area contributed by atoms with Crippen molar-refractivity contribution in [3.8, 4) is 0 Å². The fourth-order valence-electron chi connectivity index (χ4n) is 0.871. The number of nitrogens with one attached hydrogen (secondary N) is 1. The number of pyridine rings is 1. The van der Waals surface area contributed by atoms with E-state index in [4.69, 9.17) is 2.74 Å². The number of carbonyl (C=O) groups excluding carboxylic acids is 1. The lowest BCUT2D eigenvalue weighted by Gasteiger charge is -1.89. The smallest absolute Gasteiger partial charge is 0.253 e. The largest absolute Gasteiger partial charge is 0.346 e. The maximum atomic E-state index is 11.1. The molecule has 10 heavy (non-hydrogen) atoms. The number of rotatable bonds is 0. The second-order valence-electron chi connectivity index (χ2n) is 1.98. The minimum absolute atomic E-state index is 0.176. The first-order chi connectivity index (χ1) is 5.61. The van der Waals surface area contributed by atoms with Crippen LogP contribution in [0.5, 0.6) is 0 Å². The second kappa shape index (κ2) is 1.80. The van der Waals surface area contributed by atoms with E-state index >= 15 is 0 Å². The molecule has 2 rings (SSSR count). The highest BCUT2D eigenvalue weighted by Gasteiger charge is 2.17. The molecule has 3 heteroatoms. The Kier molecular flexibility index (Phi) is 0.667. The van der Waals surface area contributed by atoms with Gasteiger partial charge in [-0.25, -0.2) is 0 Å². The Morgan fingerprint density at radius 2 is 2.70 bits per heavy atom. The van der Waals surface area contributed by atoms with Crippen molar-refractivity contribution in [1.82, 2.24) is 10.3 Å². The topological polar surface area (TPSA) is 42.0 Å². The third kappa shape index (κ3) is 0.603. The minimum Gasteiger partial charge on any atom is -0.346 e. The van der Waals surface area contributed by atoms with Crippen molar-refractivity contribution in [2.24, 2.45) is 0 Å². The van der Waals surface area contributed by atoms with Crippen LogP contribution in [0, 0.1) is 0 Å². The Balaban J connectivity index is 2.66. The van der Waals surface area contributed by atoms with E-state index in [2.05, 4.69) is 10.3 Å². The number of amides is 1. The van der Waals surface area contributed by atoms with Gasteiger partial charge in [0.25, 0.3) is 5.91 Å². The molecule has 0 saturated carbocycles. The van der Waals surface area contributed by atoms with Gasteiger partial charge in [0.2, 0.25) is 0 Å². The molecular weight excluding hydrogens is 128 g/mol. The van der Waals surface area contributed by atoms with Crippen LogP contribution in [0.4, 0.5) is 0 Å². The molecule has 1 aliphatic rings. The van der Waals surface area contributed by atoms with Crippen LogP contribution in [0.25, 0.3) is 0 Å². The van der Waals surface area contributed by atoms with E-state index in [0.717, 1.165) is 0 Å². The van der Waals surface area contributed by atoms with Crippen LogP contribution >= 0.6 is 0 Å². The summed E-state index contributed by atoms with van der Waals surface area (Å²) < 4.78 is 14.7. The number of aromatic nitrogens is 1. The van der Waals surface area contributed by atoms with Crippen LogP contribution in [0.2, 0.25) is 0 Å². The summed E-state index contributed by atoms with van der Waals surface area (Å²) in [4.78, 5) is 14.9. The summed E-state index contributed by atoms with van der Waals surface area (Å²) in [5, 5.41) is 2.19. The molecule has 1 amide bonds. The van der Waals surface area contributed by atoms with Gasteiger partial charge in [0.1, 0.15) is 0 Å². The van der Waals surface area contributed by atoms with Crippen LogP contribution in [0.1, 0.15) is 18.8 Å². The first kappa shape index (κ1) is 3.71. The highest BCUT2D eigenvalue weighted by atomic mass is 16.1. The van der Waals surface area contributed by atoms with Gasteiger partial charge in [-0.2, -0.15) is 0 Å². The minimum atomic E-state index is -1.81. The zero-order chi connectivity index (χ0) is 8.77. The third-order valence-corrected chi connectivity index (χ3v) is 1.35. The molecule has 0 saturated heterocycles. The maximum Gasteiger partial charge on any atom is 0.253 e. The molecule has 50 valence electrons. The number of hydrogen-bond acceptors (Lipinski definition) is 2. The predicted molar refractivity (Wildman–Crippen MR) is 35.4 cm³/mol. The molecular formula is C7H6N2O. The van der Waals surface area contributed by atoms with Crippen LogP contribution < -0.4 is 5.32 Å². The Labute approximate surface area is 60.9 Å². The van der Waals surface area contributed by atoms with Crippen LogP contribution in [-0.4, -0.2) is 10.9 Å². The summed E-state index contributed by atoms with van der Waals surface area (Å²) in [6, 6.07) is 3.17. The summed E-state index contributed by atoms with van der Waals surface area (Å²) in [6.45, 7) is -1.81. The fraction of sp³-hybridized carbons (Fsp3) is 0.143. The second-order valence-corrected chi connectivity index (χ2v) is 1.98. The molecule has 0 atom stereocenters. The van der Waals surface area contributed by atoms with Crippen LogP contribution in [0.15, 0.2) is 18.3 Å². The number of carbonyl (C=O) groups is 1. The van der Waals surface area contributed by atoms with Crippen molar-refractivity contribution in [3.05, 3.63) is 29.6 Å². The van der Waals surface area contributed by atoms with Gasteiger partial charge in [-0.05, 0) is 12.1 Å². The molecule has 0 aromatic carbocycles. The predicted octanol–water partition coefficient (Wildman–Crippen LogP) is 0.325. The van der Waals surface area contributed by atoms with E-state index in [0.29, 0.717) is 5.56 Å². The highest BCUT2D eigenvalue weighted by molar-refractivity contribution is 5.97. The van der Waals surface area contributed by atoms with Crippen molar-refractivity contribution >= 4 is 5.91 Å². The SMILES string of the molecule is [2H]C1([2H])NC(=O)c2cccnc21. The molecule has 0 spiro atoms. The molecule has 1 aromatic rings. The van der Waals surface area contributed by atoms with Crippen molar-refractivity contribution in [2.45, 2.75) is 6.50 Å². The molecule has 0 unspecified atom stereocenters. The molecule has 1 aliphatic heterocycles. The van der Waals surface area contributed by atoms with Gasteiger partial charge < -0.3 is 5.32 Å². The zero-order valence-electron chi connectivity index (χ0n) is 7.09. The molecule has 1 N–H and O–H groups in total. The molecule has 3 nitrogen and oxygen atoms in total. The van der Waals surface area contributed by atoms with E-state index in [-0.39, 0.29) is 5.69 Å². The normalized spacial score (nSPS) is 22.6. The van der Waals surface area contributed by atoms with Gasteiger partial charge in [0, 0.05) is 6.20 Å². The molecule has 0 radical (unpaired) electrons. The number of nitrogens with zero attached hydrogens (tertiary/aromatic N) is 1. The van der Waals surface area contributed by atoms with Gasteiger partial charge in [0.15, 0.2) is 0 Å². The Bertz CT molecular complexity index is 351. The lowest BCUT2D eigenvalue weighted by molar-refractivity contribution is 0.0966. The third-order valence-electron chi connectivity index (χ3n) is 1.35. The Morgan fingerprint density at radius 3 is 3.50 bits per heavy atom. The average Bonchev–Trinajstić information content (AvgIpc) is 2.25. The van der Waals surface area contributed by atoms with E-state index in [1.165, 1.54) is 6.20 Å². The summed E-state index contributed by atoms with van der Waals surface area (Å²) >= 11 is 0. The van der Waals surface area contributed by atoms with E-state index in [9.17, 15) is 4.79 Å². The molecule has 0 aliphatic carbocycles. The van der Waals surface area contributed by atoms with E-state index < -0.39 is 12.4 Å². The van der Waals surface area contributed by atoms with Crippen molar-refractivity contribution in [2.75, 3.05) is 0 Å². The number of hydrogen-bond donors (Lipinski definition) is 1. The van der Waals surface area contributed by atoms with Crippen molar-refractivity contribution < 1.29 is 7.54 Å². The van der Waals surface area contributed by atoms with E-state index in [1.807, 2.05) is 0 Å². The molecule has 1 aromatic heterocycles. The number of fused-ring (bicyclic) bond motifs is 1. The van der Waals surface area contributed by atoms with Gasteiger partial charge >= 0.3 is 0 Å². The summed E-state index contributed by atoms with van der Waals surface area (Å²) in [5.74, 6) is -0.400. The zero-order valence-corrected chi connectivity index (χ0v) is 5.09. The average molecular weight is 136 g/mol. The first-order valence-corrected chi connectivity index (χ1v) is 2.89. The molecule has 0 fully saturated rings. The lowest BCUT2D eigenvalue weighted by Crippen LogP contribution is -2.12. The summed E-state index contributed by atoms with van der Waals surface area (Å²) in [5.41, 5.74) is 0.498. The van der Waals surface area contributed by atoms with Gasteiger partial charge in [-0.1, -0.05) is 0 Å².